The molecular formula is C23H46N2O4S2. The maximum absolute atomic E-state index is 11.6. The maximum Gasteiger partial charge on any atom is 0.211 e. The minimum atomic E-state index is -2.99. The monoisotopic (exact) mass is 478 g/mol. The summed E-state index contributed by atoms with van der Waals surface area (Å²) in [6.45, 7) is 15.0. The Balaban J connectivity index is 0.000000213. The summed E-state index contributed by atoms with van der Waals surface area (Å²) in [4.78, 5) is 0. The van der Waals surface area contributed by atoms with Gasteiger partial charge < -0.3 is 0 Å². The van der Waals surface area contributed by atoms with Crippen LogP contribution in [0.2, 0.25) is 0 Å². The van der Waals surface area contributed by atoms with Crippen molar-refractivity contribution in [3.05, 3.63) is 0 Å². The molecule has 0 amide bonds. The maximum atomic E-state index is 11.6. The molecule has 184 valence electrons. The van der Waals surface area contributed by atoms with Crippen LogP contribution >= 0.6 is 0 Å². The van der Waals surface area contributed by atoms with Crippen LogP contribution in [0.5, 0.6) is 0 Å². The zero-order valence-electron chi connectivity index (χ0n) is 20.1. The lowest BCUT2D eigenvalue weighted by Crippen LogP contribution is -2.45. The first-order valence-electron chi connectivity index (χ1n) is 11.3. The molecule has 2 aliphatic carbocycles. The number of rotatable bonds is 2. The number of nitrogens with zero attached hydrogens (tertiary/aromatic N) is 2. The number of fused-ring (bicyclic) bond motifs is 4. The van der Waals surface area contributed by atoms with Crippen LogP contribution in [-0.2, 0) is 20.0 Å². The highest BCUT2D eigenvalue weighted by Crippen LogP contribution is 2.51. The van der Waals surface area contributed by atoms with Crippen molar-refractivity contribution in [2.75, 3.05) is 25.6 Å². The topological polar surface area (TPSA) is 74.8 Å². The van der Waals surface area contributed by atoms with Crippen LogP contribution in [0.15, 0.2) is 0 Å². The predicted molar refractivity (Wildman–Crippen MR) is 129 cm³/mol. The number of hydrogen-bond donors (Lipinski definition) is 0. The SMILES string of the molecule is C.CC(C)(C)C1CC2CC1CN2S(C)(=O)=O.CC(C)(C)C1CC2CC1N(S(C)(=O)=O)C2. The number of sulfonamides is 2. The molecule has 6 atom stereocenters. The first-order chi connectivity index (χ1) is 13.4. The first-order valence-corrected chi connectivity index (χ1v) is 15.0. The van der Waals surface area contributed by atoms with E-state index in [4.69, 9.17) is 0 Å². The molecule has 0 radical (unpaired) electrons. The molecule has 0 N–H and O–H groups in total. The molecule has 0 aromatic carbocycles. The van der Waals surface area contributed by atoms with E-state index in [1.165, 1.54) is 18.9 Å². The molecule has 0 aromatic rings. The normalized spacial score (nSPS) is 36.3. The van der Waals surface area contributed by atoms with Crippen molar-refractivity contribution in [1.29, 1.82) is 0 Å². The van der Waals surface area contributed by atoms with Crippen LogP contribution in [0.4, 0.5) is 0 Å². The van der Waals surface area contributed by atoms with Gasteiger partial charge in [-0.3, -0.25) is 0 Å². The van der Waals surface area contributed by atoms with Crippen LogP contribution in [0.1, 0.15) is 74.7 Å². The third-order valence-electron chi connectivity index (χ3n) is 8.00. The van der Waals surface area contributed by atoms with E-state index < -0.39 is 20.0 Å². The molecule has 4 fully saturated rings. The molecule has 4 bridgehead atoms. The Bertz CT molecular complexity index is 855. The molecule has 31 heavy (non-hydrogen) atoms. The first kappa shape index (κ1) is 27.1. The summed E-state index contributed by atoms with van der Waals surface area (Å²) in [7, 11) is -5.96. The average molecular weight is 479 g/mol. The van der Waals surface area contributed by atoms with E-state index in [0.29, 0.717) is 29.1 Å². The molecule has 2 saturated heterocycles. The van der Waals surface area contributed by atoms with Crippen molar-refractivity contribution in [3.63, 3.8) is 0 Å². The van der Waals surface area contributed by atoms with Gasteiger partial charge >= 0.3 is 0 Å². The van der Waals surface area contributed by atoms with Crippen LogP contribution in [-0.4, -0.2) is 63.1 Å². The number of hydrogen-bond acceptors (Lipinski definition) is 4. The van der Waals surface area contributed by atoms with Crippen molar-refractivity contribution in [2.24, 2.45) is 34.5 Å². The molecule has 0 spiro atoms. The van der Waals surface area contributed by atoms with E-state index in [2.05, 4.69) is 41.5 Å². The fourth-order valence-electron chi connectivity index (χ4n) is 6.67. The smallest absolute Gasteiger partial charge is 0.211 e. The zero-order chi connectivity index (χ0) is 22.9. The van der Waals surface area contributed by atoms with Gasteiger partial charge in [0.15, 0.2) is 0 Å². The molecule has 2 aliphatic heterocycles. The largest absolute Gasteiger partial charge is 0.212 e. The number of piperidine rings is 2. The summed E-state index contributed by atoms with van der Waals surface area (Å²) in [5.41, 5.74) is 0.547. The third kappa shape index (κ3) is 5.67. The van der Waals surface area contributed by atoms with Crippen LogP contribution in [0.3, 0.4) is 0 Å². The molecule has 6 unspecified atom stereocenters. The van der Waals surface area contributed by atoms with Gasteiger partial charge in [-0.2, -0.15) is 8.61 Å². The summed E-state index contributed by atoms with van der Waals surface area (Å²) >= 11 is 0. The minimum absolute atomic E-state index is 0. The highest BCUT2D eigenvalue weighted by Gasteiger charge is 2.52. The minimum Gasteiger partial charge on any atom is -0.212 e. The predicted octanol–water partition coefficient (Wildman–Crippen LogP) is 4.04. The summed E-state index contributed by atoms with van der Waals surface area (Å²) < 4.78 is 49.7. The molecular weight excluding hydrogens is 432 g/mol. The van der Waals surface area contributed by atoms with E-state index >= 15 is 0 Å². The second-order valence-corrected chi connectivity index (χ2v) is 16.3. The highest BCUT2D eigenvalue weighted by molar-refractivity contribution is 7.88. The lowest BCUT2D eigenvalue weighted by Gasteiger charge is -2.39. The van der Waals surface area contributed by atoms with E-state index in [1.807, 2.05) is 0 Å². The summed E-state index contributed by atoms with van der Waals surface area (Å²) in [5, 5.41) is 0. The summed E-state index contributed by atoms with van der Waals surface area (Å²) in [5.74, 6) is 2.42. The summed E-state index contributed by atoms with van der Waals surface area (Å²) in [6.07, 6.45) is 7.10. The van der Waals surface area contributed by atoms with Crippen molar-refractivity contribution in [2.45, 2.75) is 86.7 Å². The van der Waals surface area contributed by atoms with Crippen molar-refractivity contribution in [1.82, 2.24) is 8.61 Å². The van der Waals surface area contributed by atoms with E-state index in [1.54, 1.807) is 8.61 Å². The Labute approximate surface area is 192 Å². The van der Waals surface area contributed by atoms with Gasteiger partial charge in [0.2, 0.25) is 20.0 Å². The van der Waals surface area contributed by atoms with Gasteiger partial charge in [-0.05, 0) is 60.2 Å². The quantitative estimate of drug-likeness (QED) is 0.600. The van der Waals surface area contributed by atoms with Crippen LogP contribution < -0.4 is 0 Å². The second-order valence-electron chi connectivity index (χ2n) is 12.4. The Morgan fingerprint density at radius 1 is 0.677 bits per heavy atom. The Kier molecular flexibility index (Phi) is 7.47. The van der Waals surface area contributed by atoms with E-state index in [0.717, 1.165) is 32.4 Å². The second kappa shape index (κ2) is 8.55. The Hall–Kier alpha value is -0.180. The van der Waals surface area contributed by atoms with Gasteiger partial charge in [-0.1, -0.05) is 49.0 Å². The molecule has 4 rings (SSSR count). The van der Waals surface area contributed by atoms with Crippen LogP contribution in [0, 0.1) is 34.5 Å². The molecule has 4 aliphatic rings. The standard InChI is InChI=1S/2C11H21NO2S.CH4/c1-11(2,3)10-6-9-5-8(10)7-12(9)15(4,13)14;1-11(2,3)9-5-8-6-10(9)12(7-8)15(4,13)14;/h2*8-10H,5-7H2,1-4H3;1H4. The van der Waals surface area contributed by atoms with Crippen molar-refractivity contribution >= 4 is 20.0 Å². The van der Waals surface area contributed by atoms with Gasteiger partial charge in [0.1, 0.15) is 0 Å². The summed E-state index contributed by atoms with van der Waals surface area (Å²) in [6, 6.07) is 0.555. The van der Waals surface area contributed by atoms with Crippen molar-refractivity contribution < 1.29 is 16.8 Å². The molecule has 2 heterocycles. The zero-order valence-corrected chi connectivity index (χ0v) is 21.7. The molecule has 6 nitrogen and oxygen atoms in total. The van der Waals surface area contributed by atoms with Gasteiger partial charge in [0.25, 0.3) is 0 Å². The molecule has 2 saturated carbocycles. The van der Waals surface area contributed by atoms with Gasteiger partial charge in [-0.25, -0.2) is 16.8 Å². The highest BCUT2D eigenvalue weighted by atomic mass is 32.2. The average Bonchev–Trinajstić information content (AvgIpc) is 3.30. The third-order valence-corrected chi connectivity index (χ3v) is 10.6. The molecule has 0 aromatic heterocycles. The lowest BCUT2D eigenvalue weighted by molar-refractivity contribution is 0.136. The fourth-order valence-corrected chi connectivity index (χ4v) is 9.05. The van der Waals surface area contributed by atoms with Gasteiger partial charge in [0.05, 0.1) is 12.5 Å². The van der Waals surface area contributed by atoms with Gasteiger partial charge in [0, 0.05) is 25.2 Å². The Morgan fingerprint density at radius 3 is 1.55 bits per heavy atom. The van der Waals surface area contributed by atoms with Crippen LogP contribution in [0.25, 0.3) is 0 Å². The Morgan fingerprint density at radius 2 is 1.19 bits per heavy atom. The lowest BCUT2D eigenvalue weighted by atomic mass is 9.74. The van der Waals surface area contributed by atoms with Crippen molar-refractivity contribution in [3.8, 4) is 0 Å². The van der Waals surface area contributed by atoms with E-state index in [9.17, 15) is 16.8 Å². The van der Waals surface area contributed by atoms with Gasteiger partial charge in [-0.15, -0.1) is 0 Å². The van der Waals surface area contributed by atoms with E-state index in [-0.39, 0.29) is 24.9 Å². The molecule has 8 heteroatoms. The fraction of sp³-hybridized carbons (Fsp3) is 1.00.